The molecule has 0 aliphatic rings. The number of benzene rings is 1. The van der Waals surface area contributed by atoms with E-state index in [4.69, 9.17) is 21.1 Å². The van der Waals surface area contributed by atoms with Crippen molar-refractivity contribution < 1.29 is 9.47 Å². The molecule has 0 N–H and O–H groups in total. The lowest BCUT2D eigenvalue weighted by molar-refractivity contribution is 0.290. The van der Waals surface area contributed by atoms with Crippen LogP contribution in [-0.4, -0.2) is 17.3 Å². The fourth-order valence-corrected chi connectivity index (χ4v) is 2.02. The normalized spacial score (nSPS) is 11.3. The number of methoxy groups -OCH3 is 1. The molecule has 1 aromatic carbocycles. The highest BCUT2D eigenvalue weighted by atomic mass is 35.5. The monoisotopic (exact) mass is 306 g/mol. The highest BCUT2D eigenvalue weighted by Crippen LogP contribution is 2.34. The lowest BCUT2D eigenvalue weighted by Gasteiger charge is -2.23. The maximum Gasteiger partial charge on any atom is 0.151 e. The topological polar surface area (TPSA) is 44.2 Å². The summed E-state index contributed by atoms with van der Waals surface area (Å²) in [5, 5.41) is 8.17. The van der Waals surface area contributed by atoms with Crippen LogP contribution in [0.25, 0.3) is 0 Å². The standard InChI is InChI=1S/C16H19ClN2O2/c1-16(2,3)13-9-12(20-4)6-7-14(13)21-10-11-5-8-15(17)19-18-11/h5-9H,10H2,1-4H3. The summed E-state index contributed by atoms with van der Waals surface area (Å²) in [6, 6.07) is 9.31. The minimum Gasteiger partial charge on any atom is -0.497 e. The van der Waals surface area contributed by atoms with Crippen LogP contribution in [0.1, 0.15) is 32.0 Å². The van der Waals surface area contributed by atoms with Gasteiger partial charge in [0.05, 0.1) is 7.11 Å². The van der Waals surface area contributed by atoms with Crippen LogP contribution in [0.3, 0.4) is 0 Å². The van der Waals surface area contributed by atoms with Crippen molar-refractivity contribution >= 4 is 11.6 Å². The van der Waals surface area contributed by atoms with E-state index in [0.29, 0.717) is 11.8 Å². The first kappa shape index (κ1) is 15.6. The average molecular weight is 307 g/mol. The zero-order valence-electron chi connectivity index (χ0n) is 12.7. The van der Waals surface area contributed by atoms with Crippen LogP contribution < -0.4 is 9.47 Å². The summed E-state index contributed by atoms with van der Waals surface area (Å²) in [6.07, 6.45) is 0. The van der Waals surface area contributed by atoms with Crippen molar-refractivity contribution in [2.45, 2.75) is 32.8 Å². The summed E-state index contributed by atoms with van der Waals surface area (Å²) < 4.78 is 11.2. The Morgan fingerprint density at radius 2 is 1.86 bits per heavy atom. The molecule has 0 saturated carbocycles. The summed E-state index contributed by atoms with van der Waals surface area (Å²) in [4.78, 5) is 0. The van der Waals surface area contributed by atoms with Crippen molar-refractivity contribution in [1.29, 1.82) is 0 Å². The van der Waals surface area contributed by atoms with Crippen molar-refractivity contribution in [3.05, 3.63) is 46.7 Å². The van der Waals surface area contributed by atoms with E-state index in [0.717, 1.165) is 22.8 Å². The molecule has 0 bridgehead atoms. The number of hydrogen-bond donors (Lipinski definition) is 0. The third-order valence-corrected chi connectivity index (χ3v) is 3.26. The molecular formula is C16H19ClN2O2. The summed E-state index contributed by atoms with van der Waals surface area (Å²) >= 11 is 5.72. The first-order chi connectivity index (χ1) is 9.90. The molecule has 0 radical (unpaired) electrons. The van der Waals surface area contributed by atoms with Crippen molar-refractivity contribution in [1.82, 2.24) is 10.2 Å². The average Bonchev–Trinajstić information content (AvgIpc) is 2.45. The van der Waals surface area contributed by atoms with Gasteiger partial charge >= 0.3 is 0 Å². The molecule has 2 rings (SSSR count). The van der Waals surface area contributed by atoms with E-state index >= 15 is 0 Å². The smallest absolute Gasteiger partial charge is 0.151 e. The molecule has 0 aliphatic carbocycles. The molecule has 0 atom stereocenters. The van der Waals surface area contributed by atoms with Gasteiger partial charge in [-0.15, -0.1) is 5.10 Å². The van der Waals surface area contributed by atoms with Gasteiger partial charge < -0.3 is 9.47 Å². The molecule has 0 unspecified atom stereocenters. The summed E-state index contributed by atoms with van der Waals surface area (Å²) in [7, 11) is 1.66. The van der Waals surface area contributed by atoms with E-state index < -0.39 is 0 Å². The minimum atomic E-state index is -0.0461. The van der Waals surface area contributed by atoms with Crippen LogP contribution in [-0.2, 0) is 12.0 Å². The number of halogens is 1. The minimum absolute atomic E-state index is 0.0461. The Morgan fingerprint density at radius 3 is 2.43 bits per heavy atom. The van der Waals surface area contributed by atoms with Crippen LogP contribution in [0.15, 0.2) is 30.3 Å². The predicted molar refractivity (Wildman–Crippen MR) is 83.1 cm³/mol. The maximum atomic E-state index is 5.89. The lowest BCUT2D eigenvalue weighted by atomic mass is 9.86. The molecule has 1 heterocycles. The molecule has 21 heavy (non-hydrogen) atoms. The Balaban J connectivity index is 2.21. The van der Waals surface area contributed by atoms with E-state index in [1.54, 1.807) is 19.2 Å². The summed E-state index contributed by atoms with van der Waals surface area (Å²) in [5.41, 5.74) is 1.77. The van der Waals surface area contributed by atoms with Crippen molar-refractivity contribution in [2.24, 2.45) is 0 Å². The molecule has 0 saturated heterocycles. The Morgan fingerprint density at radius 1 is 1.10 bits per heavy atom. The fourth-order valence-electron chi connectivity index (χ4n) is 1.92. The van der Waals surface area contributed by atoms with E-state index in [-0.39, 0.29) is 5.41 Å². The van der Waals surface area contributed by atoms with Crippen molar-refractivity contribution in [2.75, 3.05) is 7.11 Å². The van der Waals surface area contributed by atoms with Gasteiger partial charge in [-0.2, -0.15) is 5.10 Å². The number of nitrogens with zero attached hydrogens (tertiary/aromatic N) is 2. The number of ether oxygens (including phenoxy) is 2. The third kappa shape index (κ3) is 4.08. The summed E-state index contributed by atoms with van der Waals surface area (Å²) in [6.45, 7) is 6.75. The van der Waals surface area contributed by atoms with Gasteiger partial charge in [0.1, 0.15) is 23.8 Å². The first-order valence-corrected chi connectivity index (χ1v) is 7.07. The van der Waals surface area contributed by atoms with Crippen LogP contribution in [0.5, 0.6) is 11.5 Å². The third-order valence-electron chi connectivity index (χ3n) is 3.06. The van der Waals surface area contributed by atoms with Gasteiger partial charge in [0.2, 0.25) is 0 Å². The largest absolute Gasteiger partial charge is 0.497 e. The summed E-state index contributed by atoms with van der Waals surface area (Å²) in [5.74, 6) is 1.64. The number of hydrogen-bond acceptors (Lipinski definition) is 4. The van der Waals surface area contributed by atoms with Crippen LogP contribution >= 0.6 is 11.6 Å². The molecule has 4 nitrogen and oxygen atoms in total. The molecule has 0 aliphatic heterocycles. The second-order valence-corrected chi connectivity index (χ2v) is 6.14. The number of aromatic nitrogens is 2. The zero-order valence-corrected chi connectivity index (χ0v) is 13.4. The molecule has 2 aromatic rings. The highest BCUT2D eigenvalue weighted by molar-refractivity contribution is 6.29. The van der Waals surface area contributed by atoms with Crippen LogP contribution in [0, 0.1) is 0 Å². The van der Waals surface area contributed by atoms with E-state index in [2.05, 4.69) is 31.0 Å². The Hall–Kier alpha value is -1.81. The molecule has 0 spiro atoms. The van der Waals surface area contributed by atoms with E-state index in [1.807, 2.05) is 18.2 Å². The van der Waals surface area contributed by atoms with Gasteiger partial charge in [-0.1, -0.05) is 32.4 Å². The molecular weight excluding hydrogens is 288 g/mol. The second-order valence-electron chi connectivity index (χ2n) is 5.75. The second kappa shape index (κ2) is 6.31. The molecule has 0 fully saturated rings. The Labute approximate surface area is 130 Å². The van der Waals surface area contributed by atoms with Gasteiger partial charge in [-0.3, -0.25) is 0 Å². The maximum absolute atomic E-state index is 5.89. The molecule has 1 aromatic heterocycles. The van der Waals surface area contributed by atoms with E-state index in [1.165, 1.54) is 0 Å². The van der Waals surface area contributed by atoms with E-state index in [9.17, 15) is 0 Å². The molecule has 0 amide bonds. The quantitative estimate of drug-likeness (QED) is 0.856. The van der Waals surface area contributed by atoms with Crippen molar-refractivity contribution in [3.63, 3.8) is 0 Å². The van der Waals surface area contributed by atoms with Gasteiger partial charge in [0, 0.05) is 5.56 Å². The van der Waals surface area contributed by atoms with Crippen molar-refractivity contribution in [3.8, 4) is 11.5 Å². The first-order valence-electron chi connectivity index (χ1n) is 6.69. The Kier molecular flexibility index (Phi) is 4.68. The van der Waals surface area contributed by atoms with Gasteiger partial charge in [-0.25, -0.2) is 0 Å². The van der Waals surface area contributed by atoms with Gasteiger partial charge in [0.25, 0.3) is 0 Å². The zero-order chi connectivity index (χ0) is 15.5. The van der Waals surface area contributed by atoms with Gasteiger partial charge in [0.15, 0.2) is 5.15 Å². The van der Waals surface area contributed by atoms with Crippen LogP contribution in [0.2, 0.25) is 5.15 Å². The van der Waals surface area contributed by atoms with Gasteiger partial charge in [-0.05, 0) is 35.7 Å². The highest BCUT2D eigenvalue weighted by Gasteiger charge is 2.20. The van der Waals surface area contributed by atoms with Crippen LogP contribution in [0.4, 0.5) is 0 Å². The SMILES string of the molecule is COc1ccc(OCc2ccc(Cl)nn2)c(C(C)(C)C)c1. The molecule has 5 heteroatoms. The Bertz CT molecular complexity index is 607. The predicted octanol–water partition coefficient (Wildman–Crippen LogP) is 4.02. The fraction of sp³-hybridized carbons (Fsp3) is 0.375. The molecule has 112 valence electrons. The lowest BCUT2D eigenvalue weighted by Crippen LogP contribution is -2.14. The number of rotatable bonds is 4.